The minimum absolute atomic E-state index is 0.149. The third kappa shape index (κ3) is 5.13. The summed E-state index contributed by atoms with van der Waals surface area (Å²) < 4.78 is 54.8. The van der Waals surface area contributed by atoms with Gasteiger partial charge in [0.05, 0.1) is 39.1 Å². The zero-order valence-electron chi connectivity index (χ0n) is 16.8. The van der Waals surface area contributed by atoms with E-state index in [1.165, 1.54) is 52.6 Å². The number of hydrogen-bond donors (Lipinski definition) is 1. The number of ether oxygens (including phenoxy) is 3. The van der Waals surface area contributed by atoms with E-state index in [0.29, 0.717) is 5.75 Å². The molecule has 2 rings (SSSR count). The van der Waals surface area contributed by atoms with Gasteiger partial charge in [0.15, 0.2) is 11.5 Å². The van der Waals surface area contributed by atoms with Gasteiger partial charge >= 0.3 is 6.18 Å². The fourth-order valence-electron chi connectivity index (χ4n) is 2.74. The van der Waals surface area contributed by atoms with E-state index in [-0.39, 0.29) is 22.7 Å². The molecule has 0 bridgehead atoms. The lowest BCUT2D eigenvalue weighted by atomic mass is 10.1. The lowest BCUT2D eigenvalue weighted by Crippen LogP contribution is -2.35. The number of methoxy groups -OCH3 is 3. The number of carbonyl (C=O) groups excluding carboxylic acids is 2. The summed E-state index contributed by atoms with van der Waals surface area (Å²) in [5.74, 6) is -0.557. The van der Waals surface area contributed by atoms with Crippen molar-refractivity contribution in [2.45, 2.75) is 6.18 Å². The smallest absolute Gasteiger partial charge is 0.418 e. The zero-order valence-corrected chi connectivity index (χ0v) is 16.8. The van der Waals surface area contributed by atoms with Crippen LogP contribution in [0.4, 0.5) is 18.9 Å². The van der Waals surface area contributed by atoms with Crippen LogP contribution in [-0.4, -0.2) is 51.6 Å². The van der Waals surface area contributed by atoms with Crippen molar-refractivity contribution in [3.63, 3.8) is 0 Å². The van der Waals surface area contributed by atoms with Gasteiger partial charge in [-0.2, -0.15) is 13.2 Å². The molecule has 0 saturated heterocycles. The Morgan fingerprint density at radius 2 is 1.57 bits per heavy atom. The summed E-state index contributed by atoms with van der Waals surface area (Å²) in [6, 6.07) is 7.42. The normalized spacial score (nSPS) is 10.9. The Balaban J connectivity index is 2.18. The number of likely N-dealkylation sites (N-methyl/N-ethyl adjacent to an activating group) is 1. The predicted octanol–water partition coefficient (Wildman–Crippen LogP) is 3.44. The second-order valence-electron chi connectivity index (χ2n) is 6.17. The van der Waals surface area contributed by atoms with Crippen molar-refractivity contribution in [3.05, 3.63) is 47.5 Å². The lowest BCUT2D eigenvalue weighted by Gasteiger charge is -2.20. The third-order valence-corrected chi connectivity index (χ3v) is 4.15. The fourth-order valence-corrected chi connectivity index (χ4v) is 2.74. The second-order valence-corrected chi connectivity index (χ2v) is 6.17. The fraction of sp³-hybridized carbons (Fsp3) is 0.300. The molecule has 0 unspecified atom stereocenters. The molecule has 1 N–H and O–H groups in total. The van der Waals surface area contributed by atoms with Crippen molar-refractivity contribution in [1.29, 1.82) is 0 Å². The van der Waals surface area contributed by atoms with Crippen molar-refractivity contribution in [3.8, 4) is 17.2 Å². The molecule has 2 aromatic rings. The Kier molecular flexibility index (Phi) is 7.14. The molecule has 2 amide bonds. The number of alkyl halides is 3. The Bertz CT molecular complexity index is 906. The second kappa shape index (κ2) is 9.38. The Morgan fingerprint density at radius 3 is 2.07 bits per heavy atom. The van der Waals surface area contributed by atoms with E-state index in [9.17, 15) is 22.8 Å². The first kappa shape index (κ1) is 22.9. The van der Waals surface area contributed by atoms with Crippen LogP contribution >= 0.6 is 0 Å². The number of para-hydroxylation sites is 1. The molecule has 0 radical (unpaired) electrons. The molecule has 0 spiro atoms. The first-order chi connectivity index (χ1) is 14.1. The van der Waals surface area contributed by atoms with Crippen molar-refractivity contribution < 1.29 is 37.0 Å². The maximum Gasteiger partial charge on any atom is 0.418 e. The number of nitrogens with one attached hydrogen (secondary N) is 1. The molecule has 0 atom stereocenters. The van der Waals surface area contributed by atoms with Crippen LogP contribution in [0.1, 0.15) is 15.9 Å². The van der Waals surface area contributed by atoms with Crippen molar-refractivity contribution in [2.75, 3.05) is 40.2 Å². The maximum absolute atomic E-state index is 13.1. The van der Waals surface area contributed by atoms with Gasteiger partial charge in [0.25, 0.3) is 5.91 Å². The van der Waals surface area contributed by atoms with Gasteiger partial charge in [0.2, 0.25) is 11.7 Å². The van der Waals surface area contributed by atoms with Crippen LogP contribution in [-0.2, 0) is 11.0 Å². The summed E-state index contributed by atoms with van der Waals surface area (Å²) in [5.41, 5.74) is -1.21. The topological polar surface area (TPSA) is 77.1 Å². The molecule has 2 aromatic carbocycles. The highest BCUT2D eigenvalue weighted by atomic mass is 19.4. The summed E-state index contributed by atoms with van der Waals surface area (Å²) in [6.45, 7) is -0.471. The summed E-state index contributed by atoms with van der Waals surface area (Å²) >= 11 is 0. The van der Waals surface area contributed by atoms with Crippen molar-refractivity contribution in [1.82, 2.24) is 4.90 Å². The largest absolute Gasteiger partial charge is 0.493 e. The molecule has 0 aliphatic heterocycles. The highest BCUT2D eigenvalue weighted by Gasteiger charge is 2.33. The first-order valence-electron chi connectivity index (χ1n) is 8.63. The minimum Gasteiger partial charge on any atom is -0.493 e. The number of benzene rings is 2. The summed E-state index contributed by atoms with van der Waals surface area (Å²) in [6.07, 6.45) is -4.62. The number of nitrogens with zero attached hydrogens (tertiary/aromatic N) is 1. The summed E-state index contributed by atoms with van der Waals surface area (Å²) in [7, 11) is 5.54. The van der Waals surface area contributed by atoms with Gasteiger partial charge < -0.3 is 24.4 Å². The van der Waals surface area contributed by atoms with Crippen LogP contribution in [0.25, 0.3) is 0 Å². The van der Waals surface area contributed by atoms with E-state index in [1.807, 2.05) is 0 Å². The standard InChI is InChI=1S/C20H21F3N2O5/c1-25(11-17(26)24-14-8-6-5-7-13(14)20(21,22)23)19(27)12-9-15(28-2)18(30-4)16(10-12)29-3/h5-10H,11H2,1-4H3,(H,24,26). The minimum atomic E-state index is -4.62. The van der Waals surface area contributed by atoms with Gasteiger partial charge in [0.1, 0.15) is 0 Å². The molecular weight excluding hydrogens is 405 g/mol. The first-order valence-corrected chi connectivity index (χ1v) is 8.63. The van der Waals surface area contributed by atoms with Gasteiger partial charge in [-0.3, -0.25) is 9.59 Å². The van der Waals surface area contributed by atoms with Crippen LogP contribution in [0.15, 0.2) is 36.4 Å². The molecule has 0 heterocycles. The number of hydrogen-bond acceptors (Lipinski definition) is 5. The van der Waals surface area contributed by atoms with E-state index >= 15 is 0 Å². The SMILES string of the molecule is COc1cc(C(=O)N(C)CC(=O)Nc2ccccc2C(F)(F)F)cc(OC)c1OC. The van der Waals surface area contributed by atoms with E-state index in [2.05, 4.69) is 5.32 Å². The molecule has 0 aliphatic carbocycles. The predicted molar refractivity (Wildman–Crippen MR) is 103 cm³/mol. The Hall–Kier alpha value is -3.43. The number of amides is 2. The monoisotopic (exact) mass is 426 g/mol. The van der Waals surface area contributed by atoms with Crippen LogP contribution in [0.2, 0.25) is 0 Å². The van der Waals surface area contributed by atoms with Crippen LogP contribution in [0.5, 0.6) is 17.2 Å². The maximum atomic E-state index is 13.1. The van der Waals surface area contributed by atoms with Gasteiger partial charge in [-0.15, -0.1) is 0 Å². The number of halogens is 3. The lowest BCUT2D eigenvalue weighted by molar-refractivity contribution is -0.137. The number of rotatable bonds is 7. The van der Waals surface area contributed by atoms with Gasteiger partial charge in [0, 0.05) is 12.6 Å². The molecule has 7 nitrogen and oxygen atoms in total. The highest BCUT2D eigenvalue weighted by molar-refractivity contribution is 6.00. The van der Waals surface area contributed by atoms with Crippen molar-refractivity contribution >= 4 is 17.5 Å². The van der Waals surface area contributed by atoms with E-state index < -0.39 is 30.1 Å². The Morgan fingerprint density at radius 1 is 1.00 bits per heavy atom. The van der Waals surface area contributed by atoms with E-state index in [0.717, 1.165) is 17.0 Å². The third-order valence-electron chi connectivity index (χ3n) is 4.15. The van der Waals surface area contributed by atoms with E-state index in [4.69, 9.17) is 14.2 Å². The van der Waals surface area contributed by atoms with Gasteiger partial charge in [-0.1, -0.05) is 12.1 Å². The summed E-state index contributed by atoms with van der Waals surface area (Å²) in [5, 5.41) is 2.20. The number of carbonyl (C=O) groups is 2. The Labute approximate surface area is 171 Å². The van der Waals surface area contributed by atoms with Crippen LogP contribution < -0.4 is 19.5 Å². The quantitative estimate of drug-likeness (QED) is 0.734. The average molecular weight is 426 g/mol. The van der Waals surface area contributed by atoms with Crippen molar-refractivity contribution in [2.24, 2.45) is 0 Å². The van der Waals surface area contributed by atoms with Crippen LogP contribution in [0, 0.1) is 0 Å². The average Bonchev–Trinajstić information content (AvgIpc) is 2.71. The molecule has 162 valence electrons. The molecule has 0 fully saturated rings. The zero-order chi connectivity index (χ0) is 22.5. The van der Waals surface area contributed by atoms with Crippen LogP contribution in [0.3, 0.4) is 0 Å². The molecule has 0 aromatic heterocycles. The molecular formula is C20H21F3N2O5. The summed E-state index contributed by atoms with van der Waals surface area (Å²) in [4.78, 5) is 26.0. The molecule has 10 heteroatoms. The highest BCUT2D eigenvalue weighted by Crippen LogP contribution is 2.38. The molecule has 0 aliphatic rings. The van der Waals surface area contributed by atoms with E-state index in [1.54, 1.807) is 0 Å². The molecule has 0 saturated carbocycles. The van der Waals surface area contributed by atoms with Gasteiger partial charge in [-0.05, 0) is 24.3 Å². The number of anilines is 1. The molecule has 30 heavy (non-hydrogen) atoms. The van der Waals surface area contributed by atoms with Gasteiger partial charge in [-0.25, -0.2) is 0 Å².